The van der Waals surface area contributed by atoms with Gasteiger partial charge in [-0.2, -0.15) is 0 Å². The molecular weight excluding hydrogens is 266 g/mol. The second-order valence-electron chi connectivity index (χ2n) is 5.52. The van der Waals surface area contributed by atoms with Gasteiger partial charge >= 0.3 is 0 Å². The van der Waals surface area contributed by atoms with E-state index in [9.17, 15) is 4.79 Å². The fourth-order valence-electron chi connectivity index (χ4n) is 2.40. The van der Waals surface area contributed by atoms with Crippen molar-refractivity contribution in [1.29, 1.82) is 0 Å². The van der Waals surface area contributed by atoms with E-state index in [4.69, 9.17) is 9.47 Å². The van der Waals surface area contributed by atoms with E-state index in [-0.39, 0.29) is 0 Å². The molecule has 4 heteroatoms. The lowest BCUT2D eigenvalue weighted by atomic mass is 9.83. The lowest BCUT2D eigenvalue weighted by molar-refractivity contribution is -0.112. The Labute approximate surface area is 128 Å². The average Bonchev–Trinajstić information content (AvgIpc) is 2.53. The molecule has 4 nitrogen and oxygen atoms in total. The third kappa shape index (κ3) is 5.96. The first-order valence-corrected chi connectivity index (χ1v) is 7.38. The minimum absolute atomic E-state index is 0.498. The summed E-state index contributed by atoms with van der Waals surface area (Å²) in [6.07, 6.45) is 2.00. The van der Waals surface area contributed by atoms with E-state index in [2.05, 4.69) is 4.90 Å². The third-order valence-electron chi connectivity index (χ3n) is 3.68. The zero-order valence-corrected chi connectivity index (χ0v) is 13.4. The minimum Gasteiger partial charge on any atom is -0.385 e. The van der Waals surface area contributed by atoms with Crippen LogP contribution in [0, 0.1) is 0 Å². The molecule has 0 bridgehead atoms. The quantitative estimate of drug-likeness (QED) is 0.463. The topological polar surface area (TPSA) is 38.8 Å². The summed E-state index contributed by atoms with van der Waals surface area (Å²) >= 11 is 0. The molecule has 0 aliphatic carbocycles. The van der Waals surface area contributed by atoms with Crippen LogP contribution in [0.5, 0.6) is 0 Å². The second kappa shape index (κ2) is 9.66. The summed E-state index contributed by atoms with van der Waals surface area (Å²) in [7, 11) is 3.41. The fourth-order valence-corrected chi connectivity index (χ4v) is 2.40. The largest absolute Gasteiger partial charge is 0.385 e. The third-order valence-corrected chi connectivity index (χ3v) is 3.68. The van der Waals surface area contributed by atoms with E-state index in [0.717, 1.165) is 38.0 Å². The van der Waals surface area contributed by atoms with Crippen LogP contribution in [0.4, 0.5) is 0 Å². The van der Waals surface area contributed by atoms with Gasteiger partial charge in [-0.25, -0.2) is 0 Å². The highest BCUT2D eigenvalue weighted by molar-refractivity contribution is 5.68. The van der Waals surface area contributed by atoms with Crippen LogP contribution >= 0.6 is 0 Å². The molecule has 0 fully saturated rings. The average molecular weight is 293 g/mol. The van der Waals surface area contributed by atoms with Crippen molar-refractivity contribution in [3.8, 4) is 0 Å². The zero-order valence-electron chi connectivity index (χ0n) is 13.4. The molecule has 0 spiro atoms. The van der Waals surface area contributed by atoms with Crippen molar-refractivity contribution < 1.29 is 14.3 Å². The van der Waals surface area contributed by atoms with Crippen LogP contribution in [0.3, 0.4) is 0 Å². The number of carbonyl (C=O) groups is 1. The summed E-state index contributed by atoms with van der Waals surface area (Å²) in [5.74, 6) is 0. The van der Waals surface area contributed by atoms with E-state index >= 15 is 0 Å². The monoisotopic (exact) mass is 293 g/mol. The first kappa shape index (κ1) is 17.8. The Kier molecular flexibility index (Phi) is 8.20. The molecule has 0 aliphatic rings. The molecular formula is C17H27NO3. The number of aldehydes is 1. The maximum Gasteiger partial charge on any atom is 0.131 e. The van der Waals surface area contributed by atoms with Crippen molar-refractivity contribution in [3.05, 3.63) is 35.9 Å². The Bertz CT molecular complexity index is 396. The number of hydrogen-bond acceptors (Lipinski definition) is 4. The summed E-state index contributed by atoms with van der Waals surface area (Å²) < 4.78 is 10.3. The first-order valence-electron chi connectivity index (χ1n) is 7.38. The number of hydrogen-bond donors (Lipinski definition) is 0. The Balaban J connectivity index is 2.74. The number of nitrogens with zero attached hydrogens (tertiary/aromatic N) is 1. The van der Waals surface area contributed by atoms with Gasteiger partial charge < -0.3 is 14.3 Å². The van der Waals surface area contributed by atoms with Crippen LogP contribution in [0.1, 0.15) is 18.9 Å². The second-order valence-corrected chi connectivity index (χ2v) is 5.52. The summed E-state index contributed by atoms with van der Waals surface area (Å²) in [4.78, 5) is 14.0. The highest BCUT2D eigenvalue weighted by Gasteiger charge is 2.28. The van der Waals surface area contributed by atoms with Crippen molar-refractivity contribution >= 4 is 6.29 Å². The van der Waals surface area contributed by atoms with Crippen molar-refractivity contribution in [3.63, 3.8) is 0 Å². The molecule has 1 aromatic carbocycles. The molecule has 21 heavy (non-hydrogen) atoms. The van der Waals surface area contributed by atoms with Gasteiger partial charge in [-0.1, -0.05) is 30.3 Å². The van der Waals surface area contributed by atoms with Crippen molar-refractivity contribution in [2.24, 2.45) is 0 Å². The van der Waals surface area contributed by atoms with Gasteiger partial charge in [-0.05, 0) is 18.9 Å². The van der Waals surface area contributed by atoms with Crippen LogP contribution in [0.15, 0.2) is 30.3 Å². The van der Waals surface area contributed by atoms with E-state index < -0.39 is 5.41 Å². The lowest BCUT2D eigenvalue weighted by Gasteiger charge is -2.32. The van der Waals surface area contributed by atoms with Crippen molar-refractivity contribution in [2.45, 2.75) is 18.8 Å². The Morgan fingerprint density at radius 1 is 1.10 bits per heavy atom. The predicted octanol–water partition coefficient (Wildman–Crippen LogP) is 2.13. The Morgan fingerprint density at radius 3 is 2.33 bits per heavy atom. The van der Waals surface area contributed by atoms with Gasteiger partial charge in [0.05, 0.1) is 12.0 Å². The van der Waals surface area contributed by atoms with Crippen LogP contribution in [0.2, 0.25) is 0 Å². The highest BCUT2D eigenvalue weighted by atomic mass is 16.5. The Morgan fingerprint density at radius 2 is 1.76 bits per heavy atom. The maximum atomic E-state index is 11.7. The van der Waals surface area contributed by atoms with Crippen LogP contribution in [0.25, 0.3) is 0 Å². The van der Waals surface area contributed by atoms with E-state index in [1.807, 2.05) is 37.3 Å². The Hall–Kier alpha value is -1.23. The molecule has 118 valence electrons. The van der Waals surface area contributed by atoms with Gasteiger partial charge in [0.1, 0.15) is 6.29 Å². The molecule has 0 radical (unpaired) electrons. The molecule has 0 saturated carbocycles. The molecule has 1 rings (SSSR count). The van der Waals surface area contributed by atoms with Crippen LogP contribution in [-0.2, 0) is 19.7 Å². The van der Waals surface area contributed by atoms with E-state index in [0.29, 0.717) is 13.2 Å². The number of carbonyl (C=O) groups excluding carboxylic acids is 1. The van der Waals surface area contributed by atoms with Gasteiger partial charge in [-0.15, -0.1) is 0 Å². The van der Waals surface area contributed by atoms with Crippen molar-refractivity contribution in [1.82, 2.24) is 4.90 Å². The highest BCUT2D eigenvalue weighted by Crippen LogP contribution is 2.22. The first-order chi connectivity index (χ1) is 10.2. The molecule has 0 saturated heterocycles. The molecule has 0 aromatic heterocycles. The molecule has 0 aliphatic heterocycles. The molecule has 1 aromatic rings. The summed E-state index contributed by atoms with van der Waals surface area (Å²) in [6.45, 7) is 5.78. The minimum atomic E-state index is -0.498. The maximum absolute atomic E-state index is 11.7. The molecule has 1 unspecified atom stereocenters. The predicted molar refractivity (Wildman–Crippen MR) is 84.7 cm³/mol. The zero-order chi connectivity index (χ0) is 15.6. The lowest BCUT2D eigenvalue weighted by Crippen LogP contribution is -2.42. The number of rotatable bonds is 11. The summed E-state index contributed by atoms with van der Waals surface area (Å²) in [5, 5.41) is 0. The van der Waals surface area contributed by atoms with Gasteiger partial charge in [-0.3, -0.25) is 4.90 Å². The smallest absolute Gasteiger partial charge is 0.131 e. The molecule has 0 heterocycles. The molecule has 0 N–H and O–H groups in total. The normalized spacial score (nSPS) is 14.1. The van der Waals surface area contributed by atoms with E-state index in [1.54, 1.807) is 14.2 Å². The van der Waals surface area contributed by atoms with Gasteiger partial charge in [0.15, 0.2) is 0 Å². The van der Waals surface area contributed by atoms with Crippen LogP contribution < -0.4 is 0 Å². The SMILES string of the molecule is COCCCN(CCOC)CC(C)(C=O)c1ccccc1. The number of methoxy groups -OCH3 is 2. The molecule has 0 amide bonds. The van der Waals surface area contributed by atoms with Gasteiger partial charge in [0.25, 0.3) is 0 Å². The molecule has 1 atom stereocenters. The summed E-state index contributed by atoms with van der Waals surface area (Å²) in [6, 6.07) is 9.94. The van der Waals surface area contributed by atoms with Gasteiger partial charge in [0.2, 0.25) is 0 Å². The van der Waals surface area contributed by atoms with E-state index in [1.165, 1.54) is 0 Å². The summed E-state index contributed by atoms with van der Waals surface area (Å²) in [5.41, 5.74) is 0.552. The van der Waals surface area contributed by atoms with Crippen LogP contribution in [-0.4, -0.2) is 58.3 Å². The standard InChI is InChI=1S/C17H27NO3/c1-17(15-19,16-8-5-4-6-9-16)14-18(11-13-21-3)10-7-12-20-2/h4-6,8-9,15H,7,10-14H2,1-3H3. The van der Waals surface area contributed by atoms with Gasteiger partial charge in [0, 0.05) is 40.5 Å². The number of benzene rings is 1. The number of ether oxygens (including phenoxy) is 2. The van der Waals surface area contributed by atoms with Crippen molar-refractivity contribution in [2.75, 3.05) is 47.1 Å². The fraction of sp³-hybridized carbons (Fsp3) is 0.588.